The lowest BCUT2D eigenvalue weighted by molar-refractivity contribution is 0.0879. The molecule has 1 saturated heterocycles. The van der Waals surface area contributed by atoms with Gasteiger partial charge in [-0.05, 0) is 29.5 Å². The van der Waals surface area contributed by atoms with E-state index in [-0.39, 0.29) is 6.54 Å². The van der Waals surface area contributed by atoms with Gasteiger partial charge >= 0.3 is 0 Å². The summed E-state index contributed by atoms with van der Waals surface area (Å²) in [7, 11) is 0. The average molecular weight is 407 g/mol. The molecule has 1 amide bonds. The van der Waals surface area contributed by atoms with Crippen LogP contribution in [0.2, 0.25) is 0 Å². The molecule has 1 atom stereocenters. The van der Waals surface area contributed by atoms with E-state index in [2.05, 4.69) is 49.5 Å². The van der Waals surface area contributed by atoms with Crippen LogP contribution in [-0.2, 0) is 6.54 Å². The topological polar surface area (TPSA) is 113 Å². The van der Waals surface area contributed by atoms with E-state index in [4.69, 9.17) is 5.73 Å². The molecule has 2 heterocycles. The second-order valence-electron chi connectivity index (χ2n) is 7.39. The zero-order chi connectivity index (χ0) is 20.9. The maximum Gasteiger partial charge on any atom is 0.248 e. The number of piperazine rings is 1. The van der Waals surface area contributed by atoms with Crippen molar-refractivity contribution >= 4 is 11.6 Å². The molecular weight excluding hydrogens is 382 g/mol. The van der Waals surface area contributed by atoms with E-state index in [1.165, 1.54) is 10.5 Å². The smallest absolute Gasteiger partial charge is 0.248 e. The summed E-state index contributed by atoms with van der Waals surface area (Å²) < 4.78 is 0. The minimum Gasteiger partial charge on any atom is -0.390 e. The van der Waals surface area contributed by atoms with Gasteiger partial charge in [0.1, 0.15) is 0 Å². The van der Waals surface area contributed by atoms with Gasteiger partial charge in [-0.1, -0.05) is 30.3 Å². The van der Waals surface area contributed by atoms with Crippen molar-refractivity contribution in [3.63, 3.8) is 0 Å². The van der Waals surface area contributed by atoms with E-state index in [1.807, 2.05) is 6.07 Å². The van der Waals surface area contributed by atoms with Crippen LogP contribution in [0.5, 0.6) is 0 Å². The first kappa shape index (κ1) is 20.0. The molecule has 1 aliphatic rings. The van der Waals surface area contributed by atoms with Gasteiger partial charge in [0.15, 0.2) is 0 Å². The standard InChI is InChI=1S/C21H25N7O2/c22-20(30)16-6-8-17(9-7-16)21-23-25-28(24-21)15-19(29)14-26-10-12-27(13-11-26)18-4-2-1-3-5-18/h1-9,19,29H,10-15H2,(H2,22,30). The number of tetrazole rings is 1. The third-order valence-corrected chi connectivity index (χ3v) is 5.22. The number of para-hydroxylation sites is 1. The first-order valence-corrected chi connectivity index (χ1v) is 9.97. The number of rotatable bonds is 7. The number of aliphatic hydroxyl groups is 1. The van der Waals surface area contributed by atoms with Gasteiger partial charge in [0.25, 0.3) is 0 Å². The number of β-amino-alcohol motifs (C(OH)–C–C–N with tert-alkyl or cyclic N) is 1. The average Bonchev–Trinajstić information content (AvgIpc) is 3.23. The maximum absolute atomic E-state index is 11.2. The van der Waals surface area contributed by atoms with E-state index >= 15 is 0 Å². The zero-order valence-electron chi connectivity index (χ0n) is 16.6. The largest absolute Gasteiger partial charge is 0.390 e. The van der Waals surface area contributed by atoms with Crippen LogP contribution in [0.25, 0.3) is 11.4 Å². The van der Waals surface area contributed by atoms with Crippen molar-refractivity contribution in [1.82, 2.24) is 25.1 Å². The Kier molecular flexibility index (Phi) is 6.01. The predicted molar refractivity (Wildman–Crippen MR) is 113 cm³/mol. The van der Waals surface area contributed by atoms with Crippen molar-refractivity contribution in [3.8, 4) is 11.4 Å². The van der Waals surface area contributed by atoms with Gasteiger partial charge in [0, 0.05) is 49.5 Å². The van der Waals surface area contributed by atoms with E-state index < -0.39 is 12.0 Å². The van der Waals surface area contributed by atoms with Crippen LogP contribution < -0.4 is 10.6 Å². The molecule has 0 radical (unpaired) electrons. The highest BCUT2D eigenvalue weighted by Crippen LogP contribution is 2.16. The van der Waals surface area contributed by atoms with Crippen molar-refractivity contribution in [2.24, 2.45) is 5.73 Å². The Morgan fingerprint density at radius 1 is 1.00 bits per heavy atom. The number of nitrogens with two attached hydrogens (primary N) is 1. The van der Waals surface area contributed by atoms with Crippen molar-refractivity contribution in [1.29, 1.82) is 0 Å². The fourth-order valence-corrected chi connectivity index (χ4v) is 3.59. The molecule has 1 aromatic heterocycles. The minimum absolute atomic E-state index is 0.269. The predicted octanol–water partition coefficient (Wildman–Crippen LogP) is 0.622. The molecule has 30 heavy (non-hydrogen) atoms. The van der Waals surface area contributed by atoms with Gasteiger partial charge in [-0.2, -0.15) is 4.80 Å². The van der Waals surface area contributed by atoms with Crippen LogP contribution in [0.1, 0.15) is 10.4 Å². The number of carbonyl (C=O) groups is 1. The Morgan fingerprint density at radius 3 is 2.37 bits per heavy atom. The number of anilines is 1. The van der Waals surface area contributed by atoms with E-state index in [0.29, 0.717) is 17.9 Å². The quantitative estimate of drug-likeness (QED) is 0.590. The second kappa shape index (κ2) is 9.02. The summed E-state index contributed by atoms with van der Waals surface area (Å²) in [5.41, 5.74) is 7.65. The third kappa shape index (κ3) is 4.81. The van der Waals surface area contributed by atoms with E-state index in [1.54, 1.807) is 24.3 Å². The molecule has 2 aromatic carbocycles. The zero-order valence-corrected chi connectivity index (χ0v) is 16.6. The summed E-state index contributed by atoms with van der Waals surface area (Å²) in [6.45, 7) is 4.49. The molecule has 0 saturated carbocycles. The molecule has 9 nitrogen and oxygen atoms in total. The molecular formula is C21H25N7O2. The highest BCUT2D eigenvalue weighted by Gasteiger charge is 2.20. The van der Waals surface area contributed by atoms with Gasteiger partial charge in [-0.15, -0.1) is 10.2 Å². The van der Waals surface area contributed by atoms with Crippen molar-refractivity contribution in [3.05, 3.63) is 60.2 Å². The first-order chi connectivity index (χ1) is 14.6. The summed E-state index contributed by atoms with van der Waals surface area (Å²) in [5.74, 6) is -0.0411. The molecule has 4 rings (SSSR count). The lowest BCUT2D eigenvalue weighted by atomic mass is 10.1. The lowest BCUT2D eigenvalue weighted by Crippen LogP contribution is -2.49. The maximum atomic E-state index is 11.2. The number of hydrogen-bond acceptors (Lipinski definition) is 7. The third-order valence-electron chi connectivity index (χ3n) is 5.22. The number of aliphatic hydroxyl groups excluding tert-OH is 1. The Bertz CT molecular complexity index is 967. The Balaban J connectivity index is 1.28. The highest BCUT2D eigenvalue weighted by atomic mass is 16.3. The Hall–Kier alpha value is -3.30. The van der Waals surface area contributed by atoms with Crippen molar-refractivity contribution < 1.29 is 9.90 Å². The van der Waals surface area contributed by atoms with E-state index in [9.17, 15) is 9.90 Å². The molecule has 0 bridgehead atoms. The molecule has 1 aliphatic heterocycles. The molecule has 9 heteroatoms. The van der Waals surface area contributed by atoms with Gasteiger partial charge in [-0.3, -0.25) is 9.69 Å². The van der Waals surface area contributed by atoms with Gasteiger partial charge in [0.2, 0.25) is 11.7 Å². The first-order valence-electron chi connectivity index (χ1n) is 9.97. The number of primary amides is 1. The summed E-state index contributed by atoms with van der Waals surface area (Å²) >= 11 is 0. The molecule has 156 valence electrons. The van der Waals surface area contributed by atoms with Crippen LogP contribution in [-0.4, -0.2) is 74.9 Å². The molecule has 1 fully saturated rings. The summed E-state index contributed by atoms with van der Waals surface area (Å²) in [5, 5.41) is 22.9. The van der Waals surface area contributed by atoms with Crippen LogP contribution in [0.3, 0.4) is 0 Å². The summed E-state index contributed by atoms with van der Waals surface area (Å²) in [4.78, 5) is 17.2. The van der Waals surface area contributed by atoms with Gasteiger partial charge in [-0.25, -0.2) is 0 Å². The Morgan fingerprint density at radius 2 is 1.70 bits per heavy atom. The van der Waals surface area contributed by atoms with E-state index in [0.717, 1.165) is 31.7 Å². The molecule has 3 N–H and O–H groups in total. The van der Waals surface area contributed by atoms with Crippen molar-refractivity contribution in [2.75, 3.05) is 37.6 Å². The second-order valence-corrected chi connectivity index (χ2v) is 7.39. The number of amides is 1. The normalized spacial score (nSPS) is 15.8. The van der Waals surface area contributed by atoms with Crippen LogP contribution in [0.15, 0.2) is 54.6 Å². The fraction of sp³-hybridized carbons (Fsp3) is 0.333. The summed E-state index contributed by atoms with van der Waals surface area (Å²) in [6.07, 6.45) is -0.590. The van der Waals surface area contributed by atoms with Crippen molar-refractivity contribution in [2.45, 2.75) is 12.6 Å². The molecule has 0 aliphatic carbocycles. The number of nitrogens with zero attached hydrogens (tertiary/aromatic N) is 6. The number of benzene rings is 2. The SMILES string of the molecule is NC(=O)c1ccc(-c2nnn(CC(O)CN3CCN(c4ccccc4)CC3)n2)cc1. The lowest BCUT2D eigenvalue weighted by Gasteiger charge is -2.36. The highest BCUT2D eigenvalue weighted by molar-refractivity contribution is 5.93. The number of hydrogen-bond donors (Lipinski definition) is 2. The number of aromatic nitrogens is 4. The summed E-state index contributed by atoms with van der Waals surface area (Å²) in [6, 6.07) is 17.1. The molecule has 1 unspecified atom stereocenters. The molecule has 3 aromatic rings. The van der Waals surface area contributed by atoms with Crippen LogP contribution in [0.4, 0.5) is 5.69 Å². The number of carbonyl (C=O) groups excluding carboxylic acids is 1. The molecule has 0 spiro atoms. The monoisotopic (exact) mass is 407 g/mol. The van der Waals surface area contributed by atoms with Crippen LogP contribution in [0, 0.1) is 0 Å². The fourth-order valence-electron chi connectivity index (χ4n) is 3.59. The Labute approximate surface area is 174 Å². The minimum atomic E-state index is -0.590. The van der Waals surface area contributed by atoms with Crippen LogP contribution >= 0.6 is 0 Å². The van der Waals surface area contributed by atoms with Gasteiger partial charge in [0.05, 0.1) is 12.6 Å². The van der Waals surface area contributed by atoms with Gasteiger partial charge < -0.3 is 15.7 Å².